The van der Waals surface area contributed by atoms with Gasteiger partial charge in [0.05, 0.1) is 10.6 Å². The fraction of sp³-hybridized carbons (Fsp3) is 0.250. The van der Waals surface area contributed by atoms with Crippen molar-refractivity contribution in [2.75, 3.05) is 0 Å². The van der Waals surface area contributed by atoms with Gasteiger partial charge in [0.25, 0.3) is 6.43 Å². The van der Waals surface area contributed by atoms with Gasteiger partial charge in [-0.3, -0.25) is 4.98 Å². The normalized spacial score (nSPS) is 10.3. The molecule has 1 rings (SSSR count). The van der Waals surface area contributed by atoms with Gasteiger partial charge in [-0.05, 0) is 0 Å². The molecule has 0 aliphatic heterocycles. The Bertz CT molecular complexity index is 390. The number of rotatable bonds is 2. The lowest BCUT2D eigenvalue weighted by atomic mass is 10.1. The van der Waals surface area contributed by atoms with E-state index in [2.05, 4.69) is 20.9 Å². The van der Waals surface area contributed by atoms with Crippen molar-refractivity contribution in [2.24, 2.45) is 0 Å². The Labute approximate surface area is 92.6 Å². The Morgan fingerprint density at radius 2 is 2.29 bits per heavy atom. The van der Waals surface area contributed by atoms with Crippen LogP contribution in [0.5, 0.6) is 0 Å². The Hall–Kier alpha value is -0.730. The summed E-state index contributed by atoms with van der Waals surface area (Å²) in [6.45, 7) is 0. The molecule has 0 aromatic carbocycles. The minimum atomic E-state index is -2.76. The van der Waals surface area contributed by atoms with Gasteiger partial charge in [-0.25, -0.2) is 8.78 Å². The number of pyridine rings is 1. The van der Waals surface area contributed by atoms with Crippen LogP contribution in [-0.4, -0.2) is 4.98 Å². The van der Waals surface area contributed by atoms with E-state index in [4.69, 9.17) is 16.9 Å². The molecule has 0 bridgehead atoms. The van der Waals surface area contributed by atoms with E-state index in [1.54, 1.807) is 6.07 Å². The van der Waals surface area contributed by atoms with Crippen molar-refractivity contribution in [3.8, 4) is 6.07 Å². The summed E-state index contributed by atoms with van der Waals surface area (Å²) in [5, 5.41) is 8.80. The standard InChI is InChI=1S/C8H4BrClF2N2/c9-1-4-3-14-7(8(11)12)6(10)5(4)2-13/h3,8H,1H2. The van der Waals surface area contributed by atoms with E-state index in [-0.39, 0.29) is 10.6 Å². The largest absolute Gasteiger partial charge is 0.281 e. The van der Waals surface area contributed by atoms with E-state index in [0.29, 0.717) is 10.9 Å². The van der Waals surface area contributed by atoms with Crippen LogP contribution in [-0.2, 0) is 5.33 Å². The predicted octanol–water partition coefficient (Wildman–Crippen LogP) is 3.44. The van der Waals surface area contributed by atoms with Gasteiger partial charge in [0.2, 0.25) is 0 Å². The summed E-state index contributed by atoms with van der Waals surface area (Å²) < 4.78 is 24.6. The number of nitriles is 1. The van der Waals surface area contributed by atoms with Gasteiger partial charge < -0.3 is 0 Å². The van der Waals surface area contributed by atoms with Crippen molar-refractivity contribution in [1.29, 1.82) is 5.26 Å². The van der Waals surface area contributed by atoms with Crippen LogP contribution in [0, 0.1) is 11.3 Å². The zero-order valence-electron chi connectivity index (χ0n) is 6.77. The number of halogens is 4. The van der Waals surface area contributed by atoms with Crippen LogP contribution >= 0.6 is 27.5 Å². The number of nitrogens with zero attached hydrogens (tertiary/aromatic N) is 2. The maximum absolute atomic E-state index is 12.3. The highest BCUT2D eigenvalue weighted by atomic mass is 79.9. The summed E-state index contributed by atoms with van der Waals surface area (Å²) in [4.78, 5) is 3.49. The molecule has 0 saturated carbocycles. The molecule has 0 radical (unpaired) electrons. The van der Waals surface area contributed by atoms with Crippen LogP contribution in [0.25, 0.3) is 0 Å². The van der Waals surface area contributed by atoms with Crippen LogP contribution in [0.4, 0.5) is 8.78 Å². The van der Waals surface area contributed by atoms with Gasteiger partial charge in [-0.1, -0.05) is 27.5 Å². The highest BCUT2D eigenvalue weighted by Gasteiger charge is 2.18. The molecule has 0 saturated heterocycles. The summed E-state index contributed by atoms with van der Waals surface area (Å²) in [7, 11) is 0. The lowest BCUT2D eigenvalue weighted by Gasteiger charge is -2.06. The topological polar surface area (TPSA) is 36.7 Å². The van der Waals surface area contributed by atoms with Crippen molar-refractivity contribution in [3.63, 3.8) is 0 Å². The van der Waals surface area contributed by atoms with Gasteiger partial charge in [0.1, 0.15) is 11.8 Å². The van der Waals surface area contributed by atoms with Gasteiger partial charge in [0.15, 0.2) is 0 Å². The lowest BCUT2D eigenvalue weighted by molar-refractivity contribution is 0.146. The van der Waals surface area contributed by atoms with Crippen LogP contribution in [0.15, 0.2) is 6.20 Å². The third kappa shape index (κ3) is 2.02. The molecule has 0 N–H and O–H groups in total. The van der Waals surface area contributed by atoms with E-state index in [9.17, 15) is 8.78 Å². The second-order valence-corrected chi connectivity index (χ2v) is 3.34. The fourth-order valence-electron chi connectivity index (χ4n) is 0.912. The number of alkyl halides is 3. The molecule has 0 atom stereocenters. The smallest absolute Gasteiger partial charge is 0.253 e. The first-order valence-corrected chi connectivity index (χ1v) is 5.03. The third-order valence-corrected chi connectivity index (χ3v) is 2.57. The minimum Gasteiger partial charge on any atom is -0.253 e. The van der Waals surface area contributed by atoms with Crippen LogP contribution < -0.4 is 0 Å². The van der Waals surface area contributed by atoms with Crippen molar-refractivity contribution in [3.05, 3.63) is 28.0 Å². The van der Waals surface area contributed by atoms with Crippen LogP contribution in [0.1, 0.15) is 23.2 Å². The average molecular weight is 281 g/mol. The molecule has 74 valence electrons. The Morgan fingerprint density at radius 1 is 1.64 bits per heavy atom. The molecule has 14 heavy (non-hydrogen) atoms. The van der Waals surface area contributed by atoms with Crippen molar-refractivity contribution < 1.29 is 8.78 Å². The van der Waals surface area contributed by atoms with E-state index in [1.807, 2.05) is 0 Å². The molecule has 2 nitrogen and oxygen atoms in total. The second-order valence-electron chi connectivity index (χ2n) is 2.40. The predicted molar refractivity (Wildman–Crippen MR) is 51.6 cm³/mol. The molecule has 0 amide bonds. The maximum Gasteiger partial charge on any atom is 0.281 e. The van der Waals surface area contributed by atoms with E-state index in [1.165, 1.54) is 6.20 Å². The second kappa shape index (κ2) is 4.67. The van der Waals surface area contributed by atoms with Crippen LogP contribution in [0.2, 0.25) is 5.02 Å². The highest BCUT2D eigenvalue weighted by Crippen LogP contribution is 2.29. The van der Waals surface area contributed by atoms with Crippen molar-refractivity contribution >= 4 is 27.5 Å². The molecule has 0 aliphatic rings. The molecular formula is C8H4BrClF2N2. The quantitative estimate of drug-likeness (QED) is 0.779. The Morgan fingerprint density at radius 3 is 2.71 bits per heavy atom. The van der Waals surface area contributed by atoms with Gasteiger partial charge in [-0.15, -0.1) is 0 Å². The molecule has 0 unspecified atom stereocenters. The monoisotopic (exact) mass is 280 g/mol. The molecule has 1 aromatic rings. The zero-order chi connectivity index (χ0) is 10.7. The Kier molecular flexibility index (Phi) is 3.78. The minimum absolute atomic E-state index is 0.0499. The van der Waals surface area contributed by atoms with Gasteiger partial charge in [-0.2, -0.15) is 5.26 Å². The average Bonchev–Trinajstić information content (AvgIpc) is 2.16. The Balaban J connectivity index is 3.37. The molecule has 1 heterocycles. The SMILES string of the molecule is N#Cc1c(CBr)cnc(C(F)F)c1Cl. The van der Waals surface area contributed by atoms with Gasteiger partial charge >= 0.3 is 0 Å². The summed E-state index contributed by atoms with van der Waals surface area (Å²) >= 11 is 8.71. The molecule has 1 aromatic heterocycles. The van der Waals surface area contributed by atoms with E-state index < -0.39 is 12.1 Å². The van der Waals surface area contributed by atoms with E-state index in [0.717, 1.165) is 0 Å². The summed E-state index contributed by atoms with van der Waals surface area (Å²) in [5.74, 6) is 0. The molecule has 0 fully saturated rings. The first-order chi connectivity index (χ1) is 6.61. The van der Waals surface area contributed by atoms with Crippen molar-refractivity contribution in [2.45, 2.75) is 11.8 Å². The van der Waals surface area contributed by atoms with Crippen LogP contribution in [0.3, 0.4) is 0 Å². The number of aromatic nitrogens is 1. The molecule has 6 heteroatoms. The summed E-state index contributed by atoms with van der Waals surface area (Å²) in [6.07, 6.45) is -1.54. The zero-order valence-corrected chi connectivity index (χ0v) is 9.11. The first-order valence-electron chi connectivity index (χ1n) is 3.53. The number of hydrogen-bond acceptors (Lipinski definition) is 2. The first kappa shape index (κ1) is 11.3. The third-order valence-electron chi connectivity index (χ3n) is 1.59. The summed E-state index contributed by atoms with van der Waals surface area (Å²) in [5.41, 5.74) is 0.00339. The number of hydrogen-bond donors (Lipinski definition) is 0. The highest BCUT2D eigenvalue weighted by molar-refractivity contribution is 9.08. The maximum atomic E-state index is 12.3. The van der Waals surface area contributed by atoms with E-state index >= 15 is 0 Å². The lowest BCUT2D eigenvalue weighted by Crippen LogP contribution is -1.98. The molecular weight excluding hydrogens is 277 g/mol. The fourth-order valence-corrected chi connectivity index (χ4v) is 1.63. The molecule has 0 spiro atoms. The summed E-state index contributed by atoms with van der Waals surface area (Å²) in [6, 6.07) is 1.77. The van der Waals surface area contributed by atoms with Gasteiger partial charge in [0, 0.05) is 17.1 Å². The van der Waals surface area contributed by atoms with Crippen molar-refractivity contribution in [1.82, 2.24) is 4.98 Å². The molecule has 0 aliphatic carbocycles.